The van der Waals surface area contributed by atoms with Crippen molar-refractivity contribution in [3.63, 3.8) is 0 Å². The van der Waals surface area contributed by atoms with Gasteiger partial charge >= 0.3 is 12.1 Å². The highest BCUT2D eigenvalue weighted by Crippen LogP contribution is 2.35. The molecule has 0 amide bonds. The molecule has 0 aliphatic carbocycles. The van der Waals surface area contributed by atoms with Gasteiger partial charge in [0.05, 0.1) is 5.92 Å². The van der Waals surface area contributed by atoms with Gasteiger partial charge in [0, 0.05) is 0 Å². The second-order valence-electron chi connectivity index (χ2n) is 4.90. The summed E-state index contributed by atoms with van der Waals surface area (Å²) in [6.07, 6.45) is -4.43. The molecule has 0 aromatic heterocycles. The Balaban J connectivity index is 2.69. The number of ether oxygens (including phenoxy) is 1. The molecule has 0 aromatic carbocycles. The number of alkyl halides is 3. The van der Waals surface area contributed by atoms with Gasteiger partial charge in [0.2, 0.25) is 0 Å². The molecule has 0 saturated carbocycles. The molecule has 2 atom stereocenters. The third kappa shape index (κ3) is 3.37. The Morgan fingerprint density at radius 3 is 2.31 bits per heavy atom. The van der Waals surface area contributed by atoms with Gasteiger partial charge in [-0.25, -0.2) is 0 Å². The number of esters is 1. The van der Waals surface area contributed by atoms with E-state index in [1.54, 1.807) is 20.8 Å². The van der Waals surface area contributed by atoms with Crippen LogP contribution in [0.25, 0.3) is 0 Å². The Morgan fingerprint density at radius 1 is 1.31 bits per heavy atom. The van der Waals surface area contributed by atoms with Crippen LogP contribution >= 0.6 is 0 Å². The van der Waals surface area contributed by atoms with Crippen molar-refractivity contribution in [1.29, 1.82) is 0 Å². The molecule has 1 aliphatic rings. The van der Waals surface area contributed by atoms with Gasteiger partial charge in [-0.15, -0.1) is 0 Å². The summed E-state index contributed by atoms with van der Waals surface area (Å²) in [7, 11) is 0. The summed E-state index contributed by atoms with van der Waals surface area (Å²) < 4.78 is 42.6. The van der Waals surface area contributed by atoms with Crippen molar-refractivity contribution in [2.24, 2.45) is 5.92 Å². The molecule has 0 spiro atoms. The lowest BCUT2D eigenvalue weighted by molar-refractivity contribution is -0.189. The molecule has 1 rings (SSSR count). The standard InChI is InChI=1S/C10H16F3NO2/c1-9(2,3)16-8(15)7-6(4-5-14-7)10(11,12)13/h6-7,14H,4-5H2,1-3H3. The topological polar surface area (TPSA) is 38.3 Å². The van der Waals surface area contributed by atoms with E-state index in [1.807, 2.05) is 0 Å². The molecule has 1 N–H and O–H groups in total. The van der Waals surface area contributed by atoms with Crippen molar-refractivity contribution in [2.75, 3.05) is 6.54 Å². The summed E-state index contributed by atoms with van der Waals surface area (Å²) in [4.78, 5) is 11.5. The SMILES string of the molecule is CC(C)(C)OC(=O)C1NCCC1C(F)(F)F. The Morgan fingerprint density at radius 2 is 1.88 bits per heavy atom. The molecule has 1 fully saturated rings. The quantitative estimate of drug-likeness (QED) is 0.710. The highest BCUT2D eigenvalue weighted by atomic mass is 19.4. The molecular weight excluding hydrogens is 223 g/mol. The largest absolute Gasteiger partial charge is 0.459 e. The van der Waals surface area contributed by atoms with Gasteiger partial charge in [-0.3, -0.25) is 4.79 Å². The van der Waals surface area contributed by atoms with Gasteiger partial charge in [0.25, 0.3) is 0 Å². The van der Waals surface area contributed by atoms with Crippen LogP contribution in [0, 0.1) is 5.92 Å². The zero-order valence-corrected chi connectivity index (χ0v) is 9.52. The second kappa shape index (κ2) is 4.24. The number of nitrogens with one attached hydrogen (secondary N) is 1. The fourth-order valence-electron chi connectivity index (χ4n) is 1.67. The van der Waals surface area contributed by atoms with E-state index in [4.69, 9.17) is 4.74 Å². The predicted molar refractivity (Wildman–Crippen MR) is 51.8 cm³/mol. The van der Waals surface area contributed by atoms with Gasteiger partial charge in [0.15, 0.2) is 0 Å². The summed E-state index contributed by atoms with van der Waals surface area (Å²) in [6.45, 7) is 5.07. The molecule has 0 radical (unpaired) electrons. The maximum absolute atomic E-state index is 12.6. The third-order valence-electron chi connectivity index (χ3n) is 2.30. The third-order valence-corrected chi connectivity index (χ3v) is 2.30. The van der Waals surface area contributed by atoms with E-state index >= 15 is 0 Å². The normalized spacial score (nSPS) is 26.9. The average Bonchev–Trinajstić information content (AvgIpc) is 2.45. The smallest absolute Gasteiger partial charge is 0.393 e. The maximum atomic E-state index is 12.6. The minimum absolute atomic E-state index is 0.0760. The van der Waals surface area contributed by atoms with Crippen LogP contribution in [-0.4, -0.2) is 30.3 Å². The Kier molecular flexibility index (Phi) is 3.52. The predicted octanol–water partition coefficient (Wildman–Crippen LogP) is 1.87. The van der Waals surface area contributed by atoms with Crippen LogP contribution in [0.2, 0.25) is 0 Å². The van der Waals surface area contributed by atoms with Gasteiger partial charge in [0.1, 0.15) is 11.6 Å². The van der Waals surface area contributed by atoms with E-state index in [0.29, 0.717) is 0 Å². The van der Waals surface area contributed by atoms with E-state index in [2.05, 4.69) is 5.32 Å². The number of hydrogen-bond donors (Lipinski definition) is 1. The zero-order chi connectivity index (χ0) is 12.6. The summed E-state index contributed by atoms with van der Waals surface area (Å²) in [6, 6.07) is -1.26. The van der Waals surface area contributed by atoms with Crippen molar-refractivity contribution in [1.82, 2.24) is 5.32 Å². The Labute approximate surface area is 92.3 Å². The fourth-order valence-corrected chi connectivity index (χ4v) is 1.67. The lowest BCUT2D eigenvalue weighted by Crippen LogP contribution is -2.45. The molecule has 0 aromatic rings. The first kappa shape index (κ1) is 13.3. The van der Waals surface area contributed by atoms with Gasteiger partial charge in [-0.1, -0.05) is 0 Å². The average molecular weight is 239 g/mol. The number of halogens is 3. The minimum atomic E-state index is -4.36. The first-order valence-corrected chi connectivity index (χ1v) is 5.14. The molecule has 1 aliphatic heterocycles. The first-order chi connectivity index (χ1) is 7.11. The molecule has 94 valence electrons. The van der Waals surface area contributed by atoms with Crippen molar-refractivity contribution in [3.8, 4) is 0 Å². The van der Waals surface area contributed by atoms with Crippen LogP contribution in [0.15, 0.2) is 0 Å². The van der Waals surface area contributed by atoms with Crippen molar-refractivity contribution >= 4 is 5.97 Å². The maximum Gasteiger partial charge on any atom is 0.393 e. The van der Waals surface area contributed by atoms with E-state index in [9.17, 15) is 18.0 Å². The van der Waals surface area contributed by atoms with Crippen molar-refractivity contribution < 1.29 is 22.7 Å². The first-order valence-electron chi connectivity index (χ1n) is 5.14. The molecule has 3 nitrogen and oxygen atoms in total. The van der Waals surface area contributed by atoms with Crippen molar-refractivity contribution in [3.05, 3.63) is 0 Å². The summed E-state index contributed by atoms with van der Waals surface area (Å²) in [5.74, 6) is -2.46. The molecule has 0 bridgehead atoms. The lowest BCUT2D eigenvalue weighted by atomic mass is 10.00. The highest BCUT2D eigenvalue weighted by Gasteiger charge is 2.50. The van der Waals surface area contributed by atoms with Crippen LogP contribution < -0.4 is 5.32 Å². The molecule has 6 heteroatoms. The molecule has 16 heavy (non-hydrogen) atoms. The summed E-state index contributed by atoms with van der Waals surface area (Å²) >= 11 is 0. The van der Waals surface area contributed by atoms with E-state index in [0.717, 1.165) is 0 Å². The molecule has 1 saturated heterocycles. The van der Waals surface area contributed by atoms with Gasteiger partial charge in [-0.05, 0) is 33.7 Å². The van der Waals surface area contributed by atoms with Crippen LogP contribution in [0.1, 0.15) is 27.2 Å². The van der Waals surface area contributed by atoms with Crippen LogP contribution in [0.3, 0.4) is 0 Å². The summed E-state index contributed by atoms with van der Waals surface area (Å²) in [5.41, 5.74) is -0.766. The number of carbonyl (C=O) groups is 1. The van der Waals surface area contributed by atoms with Crippen LogP contribution in [0.4, 0.5) is 13.2 Å². The molecule has 1 heterocycles. The Bertz CT molecular complexity index is 270. The Hall–Kier alpha value is -0.780. The van der Waals surface area contributed by atoms with E-state index in [1.165, 1.54) is 0 Å². The van der Waals surface area contributed by atoms with Gasteiger partial charge in [-0.2, -0.15) is 13.2 Å². The van der Waals surface area contributed by atoms with Gasteiger partial charge < -0.3 is 10.1 Å². The van der Waals surface area contributed by atoms with E-state index in [-0.39, 0.29) is 13.0 Å². The molecular formula is C10H16F3NO2. The molecule has 2 unspecified atom stereocenters. The number of rotatable bonds is 1. The van der Waals surface area contributed by atoms with Crippen LogP contribution in [0.5, 0.6) is 0 Å². The summed E-state index contributed by atoms with van der Waals surface area (Å²) in [5, 5.41) is 2.54. The number of carbonyl (C=O) groups excluding carboxylic acids is 1. The zero-order valence-electron chi connectivity index (χ0n) is 9.52. The fraction of sp³-hybridized carbons (Fsp3) is 0.900. The van der Waals surface area contributed by atoms with Crippen LogP contribution in [-0.2, 0) is 9.53 Å². The number of hydrogen-bond acceptors (Lipinski definition) is 3. The van der Waals surface area contributed by atoms with E-state index < -0.39 is 29.7 Å². The monoisotopic (exact) mass is 239 g/mol. The second-order valence-corrected chi connectivity index (χ2v) is 4.90. The highest BCUT2D eigenvalue weighted by molar-refractivity contribution is 5.77. The van der Waals surface area contributed by atoms with Crippen molar-refractivity contribution in [2.45, 2.75) is 45.0 Å². The minimum Gasteiger partial charge on any atom is -0.459 e. The lowest BCUT2D eigenvalue weighted by Gasteiger charge is -2.25.